The maximum Gasteiger partial charge on any atom is 0.302 e. The summed E-state index contributed by atoms with van der Waals surface area (Å²) in [5, 5.41) is 22.3. The first kappa shape index (κ1) is 32.1. The molecular formula is C36H33N4O10P. The Kier molecular flexibility index (Phi) is 7.67. The minimum absolute atomic E-state index is 0.0607. The van der Waals surface area contributed by atoms with E-state index in [9.17, 15) is 19.8 Å². The molecule has 0 spiro atoms. The van der Waals surface area contributed by atoms with Gasteiger partial charge in [0, 0.05) is 12.3 Å². The SMILES string of the molecule is O=c1ccn2c(n1)OC[C@H]1O[C@@H]2[C@@H]2OP(c3ccccc3)(c3ccccc3)(c3ccccc3)O[C@@H]21.O=c1ccn2c(n1)OC[C@H]1O[C@@H]2[C@H](O)[C@@H]1O. The zero-order valence-electron chi connectivity index (χ0n) is 26.9. The number of rotatable bonds is 3. The van der Waals surface area contributed by atoms with Gasteiger partial charge in [0.05, 0.1) is 0 Å². The van der Waals surface area contributed by atoms with E-state index in [2.05, 4.69) is 46.4 Å². The van der Waals surface area contributed by atoms with E-state index in [1.807, 2.05) is 54.6 Å². The quantitative estimate of drug-likeness (QED) is 0.255. The minimum atomic E-state index is -3.88. The zero-order chi connectivity index (χ0) is 34.8. The summed E-state index contributed by atoms with van der Waals surface area (Å²) in [5.74, 6) is 0. The van der Waals surface area contributed by atoms with Crippen LogP contribution in [0.1, 0.15) is 12.5 Å². The molecule has 262 valence electrons. The topological polar surface area (TPSA) is 166 Å². The molecule has 14 nitrogen and oxygen atoms in total. The molecule has 0 unspecified atom stereocenters. The average Bonchev–Trinajstić information content (AvgIpc) is 3.67. The van der Waals surface area contributed by atoms with Gasteiger partial charge in [0.2, 0.25) is 0 Å². The number of ether oxygens (including phenoxy) is 4. The van der Waals surface area contributed by atoms with Gasteiger partial charge < -0.3 is 19.7 Å². The van der Waals surface area contributed by atoms with Gasteiger partial charge in [-0.15, -0.1) is 0 Å². The second kappa shape index (κ2) is 12.2. The number of aliphatic hydroxyl groups is 2. The number of hydrogen-bond donors (Lipinski definition) is 2. The predicted octanol–water partition coefficient (Wildman–Crippen LogP) is 0.932. The van der Waals surface area contributed by atoms with Crippen LogP contribution in [-0.2, 0) is 18.5 Å². The second-order valence-electron chi connectivity index (χ2n) is 12.7. The minimum Gasteiger partial charge on any atom is -0.462 e. The molecule has 5 aliphatic heterocycles. The third-order valence-electron chi connectivity index (χ3n) is 9.85. The van der Waals surface area contributed by atoms with Crippen LogP contribution in [0.25, 0.3) is 0 Å². The normalized spacial score (nSPS) is 31.0. The number of aliphatic hydroxyl groups excluding tert-OH is 2. The summed E-state index contributed by atoms with van der Waals surface area (Å²) in [4.78, 5) is 30.7. The van der Waals surface area contributed by atoms with Gasteiger partial charge in [-0.3, -0.25) is 9.36 Å². The zero-order valence-corrected chi connectivity index (χ0v) is 27.8. The molecule has 10 rings (SSSR count). The van der Waals surface area contributed by atoms with Crippen LogP contribution in [0.15, 0.2) is 125 Å². The van der Waals surface area contributed by atoms with Crippen LogP contribution < -0.4 is 36.5 Å². The van der Waals surface area contributed by atoms with Crippen molar-refractivity contribution in [3.05, 3.63) is 136 Å². The average molecular weight is 713 g/mol. The van der Waals surface area contributed by atoms with E-state index < -0.39 is 49.5 Å². The summed E-state index contributed by atoms with van der Waals surface area (Å²) in [6.07, 6.45) is -2.06. The Morgan fingerprint density at radius 3 is 1.55 bits per heavy atom. The van der Waals surface area contributed by atoms with E-state index in [1.165, 1.54) is 22.9 Å². The summed E-state index contributed by atoms with van der Waals surface area (Å²) < 4.78 is 40.8. The molecular weight excluding hydrogens is 679 g/mol. The van der Waals surface area contributed by atoms with E-state index >= 15 is 0 Å². The third-order valence-corrected chi connectivity index (χ3v) is 14.9. The van der Waals surface area contributed by atoms with Crippen molar-refractivity contribution in [1.29, 1.82) is 0 Å². The Hall–Kier alpha value is -4.79. The number of benzene rings is 3. The van der Waals surface area contributed by atoms with Crippen LogP contribution in [-0.4, -0.2) is 79.2 Å². The largest absolute Gasteiger partial charge is 0.462 e. The molecule has 8 atom stereocenters. The van der Waals surface area contributed by atoms with Crippen LogP contribution in [0.2, 0.25) is 0 Å². The Labute approximate surface area is 290 Å². The second-order valence-corrected chi connectivity index (χ2v) is 16.6. The molecule has 15 heteroatoms. The molecule has 51 heavy (non-hydrogen) atoms. The Bertz CT molecular complexity index is 2090. The fourth-order valence-electron chi connectivity index (χ4n) is 7.51. The summed E-state index contributed by atoms with van der Waals surface area (Å²) in [7, 11) is -3.88. The number of nitrogens with zero attached hydrogens (tertiary/aromatic N) is 4. The molecule has 3 saturated heterocycles. The van der Waals surface area contributed by atoms with Crippen LogP contribution in [0, 0.1) is 0 Å². The number of hydrogen-bond acceptors (Lipinski definition) is 12. The van der Waals surface area contributed by atoms with Crippen LogP contribution in [0.3, 0.4) is 0 Å². The van der Waals surface area contributed by atoms with Crippen molar-refractivity contribution in [3.8, 4) is 12.0 Å². The standard InChI is InChI=1S/C27H23N2O5P.C9H10N2O5/c30-23-16-17-29-26-25-24(22(32-26)18-31-27(29)28-23)33-35(34-25,19-10-4-1-5-11-19,20-12-6-2-7-13-20)21-14-8-3-9-15-21;12-5-1-2-11-8-7(14)6(13)4(16-8)3-15-9(11)10-5/h1-17,22,24-26H,18H2;1-2,4,6-8,13-14H,3H2/t22-,24-,25-,26-;4-,6-,7-,8-/m11/s1. The van der Waals surface area contributed by atoms with Crippen LogP contribution in [0.4, 0.5) is 0 Å². The molecule has 0 radical (unpaired) electrons. The van der Waals surface area contributed by atoms with E-state index in [4.69, 9.17) is 28.0 Å². The Morgan fingerprint density at radius 1 is 0.569 bits per heavy atom. The summed E-state index contributed by atoms with van der Waals surface area (Å²) in [6, 6.07) is 33.6. The molecule has 5 aromatic rings. The van der Waals surface area contributed by atoms with Crippen molar-refractivity contribution >= 4 is 23.0 Å². The van der Waals surface area contributed by atoms with Gasteiger partial charge in [0.1, 0.15) is 24.9 Å². The Morgan fingerprint density at radius 2 is 1.02 bits per heavy atom. The van der Waals surface area contributed by atoms with E-state index in [0.29, 0.717) is 0 Å². The van der Waals surface area contributed by atoms with Crippen molar-refractivity contribution < 1.29 is 38.2 Å². The van der Waals surface area contributed by atoms with Crippen LogP contribution >= 0.6 is 7.06 Å². The van der Waals surface area contributed by atoms with Crippen molar-refractivity contribution in [3.63, 3.8) is 0 Å². The molecule has 2 N–H and O–H groups in total. The number of aromatic nitrogens is 4. The molecule has 3 fully saturated rings. The fraction of sp³-hybridized carbons (Fsp3) is 0.278. The maximum atomic E-state index is 11.9. The monoisotopic (exact) mass is 712 g/mol. The Balaban J connectivity index is 0.000000182. The van der Waals surface area contributed by atoms with Gasteiger partial charge in [-0.1, -0.05) is 0 Å². The van der Waals surface area contributed by atoms with Gasteiger partial charge in [0.25, 0.3) is 5.56 Å². The van der Waals surface area contributed by atoms with Crippen molar-refractivity contribution in [2.24, 2.45) is 0 Å². The molecule has 3 aromatic carbocycles. The van der Waals surface area contributed by atoms with Gasteiger partial charge in [-0.2, -0.15) is 4.98 Å². The fourth-order valence-corrected chi connectivity index (χ4v) is 12.7. The first-order valence-corrected chi connectivity index (χ1v) is 18.6. The van der Waals surface area contributed by atoms with Gasteiger partial charge in [0.15, 0.2) is 6.23 Å². The third kappa shape index (κ3) is 4.90. The first-order valence-electron chi connectivity index (χ1n) is 16.5. The van der Waals surface area contributed by atoms with Crippen molar-refractivity contribution in [1.82, 2.24) is 19.1 Å². The molecule has 5 aliphatic rings. The van der Waals surface area contributed by atoms with E-state index in [-0.39, 0.29) is 43.0 Å². The maximum absolute atomic E-state index is 11.9. The van der Waals surface area contributed by atoms with Gasteiger partial charge >= 0.3 is 208 Å². The van der Waals surface area contributed by atoms with Crippen molar-refractivity contribution in [2.75, 3.05) is 13.2 Å². The van der Waals surface area contributed by atoms with Crippen LogP contribution in [0.5, 0.6) is 12.0 Å². The summed E-state index contributed by atoms with van der Waals surface area (Å²) >= 11 is 0. The molecule has 4 bridgehead atoms. The predicted molar refractivity (Wildman–Crippen MR) is 183 cm³/mol. The summed E-state index contributed by atoms with van der Waals surface area (Å²) in [5.41, 5.74) is -0.772. The van der Waals surface area contributed by atoms with E-state index in [1.54, 1.807) is 10.8 Å². The van der Waals surface area contributed by atoms with E-state index in [0.717, 1.165) is 15.9 Å². The first-order chi connectivity index (χ1) is 24.8. The van der Waals surface area contributed by atoms with Crippen molar-refractivity contribution in [2.45, 2.75) is 49.1 Å². The van der Waals surface area contributed by atoms with Gasteiger partial charge in [-0.05, 0) is 0 Å². The molecule has 0 amide bonds. The molecule has 2 aromatic heterocycles. The van der Waals surface area contributed by atoms with Gasteiger partial charge in [-0.25, -0.2) is 0 Å². The summed E-state index contributed by atoms with van der Waals surface area (Å²) in [6.45, 7) is 0.271. The molecule has 7 heterocycles. The molecule has 0 saturated carbocycles. The smallest absolute Gasteiger partial charge is 0.302 e. The number of fused-ring (bicyclic) bond motifs is 11. The molecule has 0 aliphatic carbocycles.